The predicted molar refractivity (Wildman–Crippen MR) is 162 cm³/mol. The number of anilines is 1. The van der Waals surface area contributed by atoms with Crippen LogP contribution in [0.3, 0.4) is 0 Å². The molecular formula is C32H38F6N6O4. The first kappa shape index (κ1) is 36.5. The number of carbonyl (C=O) groups excluding carboxylic acids is 2. The van der Waals surface area contributed by atoms with Crippen LogP contribution in [-0.2, 0) is 40.2 Å². The Labute approximate surface area is 274 Å². The fraction of sp³-hybridized carbons (Fsp3) is 0.531. The smallest absolute Gasteiger partial charge is 0.416 e. The number of ether oxygens (including phenoxy) is 2. The van der Waals surface area contributed by atoms with E-state index < -0.39 is 53.5 Å². The number of aromatic nitrogens is 4. The first-order valence-electron chi connectivity index (χ1n) is 15.4. The third-order valence-corrected chi connectivity index (χ3v) is 8.25. The third-order valence-electron chi connectivity index (χ3n) is 8.25. The van der Waals surface area contributed by atoms with Gasteiger partial charge in [-0.2, -0.15) is 31.4 Å². The monoisotopic (exact) mass is 684 g/mol. The van der Waals surface area contributed by atoms with Gasteiger partial charge in [0.1, 0.15) is 0 Å². The zero-order chi connectivity index (χ0) is 35.4. The van der Waals surface area contributed by atoms with Crippen LogP contribution < -0.4 is 4.90 Å². The van der Waals surface area contributed by atoms with Crippen molar-refractivity contribution >= 4 is 18.0 Å². The van der Waals surface area contributed by atoms with Crippen molar-refractivity contribution in [3.63, 3.8) is 0 Å². The molecule has 2 atom stereocenters. The van der Waals surface area contributed by atoms with Crippen molar-refractivity contribution in [2.24, 2.45) is 12.5 Å². The quantitative estimate of drug-likeness (QED) is 0.159. The van der Waals surface area contributed by atoms with Crippen molar-refractivity contribution in [1.82, 2.24) is 24.6 Å². The number of benzene rings is 1. The molecule has 0 N–H and O–H groups in total. The molecule has 0 bridgehead atoms. The molecule has 3 aromatic rings. The van der Waals surface area contributed by atoms with Crippen LogP contribution in [0.25, 0.3) is 11.1 Å². The third kappa shape index (κ3) is 8.75. The van der Waals surface area contributed by atoms with Crippen LogP contribution >= 0.6 is 0 Å². The highest BCUT2D eigenvalue weighted by molar-refractivity contribution is 5.76. The molecule has 3 heterocycles. The fourth-order valence-electron chi connectivity index (χ4n) is 5.49. The van der Waals surface area contributed by atoms with E-state index in [4.69, 9.17) is 9.47 Å². The minimum atomic E-state index is -5.02. The van der Waals surface area contributed by atoms with Crippen molar-refractivity contribution < 1.29 is 45.4 Å². The molecule has 10 nitrogen and oxygen atoms in total. The van der Waals surface area contributed by atoms with E-state index in [-0.39, 0.29) is 49.8 Å². The van der Waals surface area contributed by atoms with Gasteiger partial charge in [-0.25, -0.2) is 14.8 Å². The van der Waals surface area contributed by atoms with Crippen molar-refractivity contribution in [3.8, 4) is 11.1 Å². The van der Waals surface area contributed by atoms with Crippen molar-refractivity contribution in [2.45, 2.75) is 77.9 Å². The Morgan fingerprint density at radius 1 is 0.938 bits per heavy atom. The first-order valence-corrected chi connectivity index (χ1v) is 15.4. The summed E-state index contributed by atoms with van der Waals surface area (Å²) in [5, 5.41) is 4.11. The number of aryl methyl sites for hydroxylation is 1. The predicted octanol–water partition coefficient (Wildman–Crippen LogP) is 6.89. The Morgan fingerprint density at radius 2 is 1.56 bits per heavy atom. The number of halogens is 6. The van der Waals surface area contributed by atoms with E-state index in [2.05, 4.69) is 15.1 Å². The van der Waals surface area contributed by atoms with Gasteiger partial charge in [0.25, 0.3) is 0 Å². The van der Waals surface area contributed by atoms with Gasteiger partial charge in [0, 0.05) is 55.9 Å². The van der Waals surface area contributed by atoms with E-state index in [1.807, 2.05) is 6.92 Å². The van der Waals surface area contributed by atoms with Gasteiger partial charge in [0.2, 0.25) is 5.95 Å². The second-order valence-electron chi connectivity index (χ2n) is 12.3. The van der Waals surface area contributed by atoms with Gasteiger partial charge in [-0.1, -0.05) is 6.92 Å². The molecule has 16 heteroatoms. The summed E-state index contributed by atoms with van der Waals surface area (Å²) in [6.45, 7) is 6.66. The molecule has 1 fully saturated rings. The Morgan fingerprint density at radius 3 is 2.08 bits per heavy atom. The molecule has 1 aromatic carbocycles. The number of hydrogen-bond donors (Lipinski definition) is 0. The number of carbonyl (C=O) groups is 2. The fourth-order valence-corrected chi connectivity index (χ4v) is 5.49. The molecule has 0 saturated carbocycles. The normalized spacial score (nSPS) is 17.0. The molecule has 0 aliphatic carbocycles. The molecule has 4 rings (SSSR count). The maximum Gasteiger partial charge on any atom is 0.416 e. The van der Waals surface area contributed by atoms with Crippen LogP contribution in [0.1, 0.15) is 63.6 Å². The average molecular weight is 685 g/mol. The van der Waals surface area contributed by atoms with E-state index >= 15 is 0 Å². The Balaban J connectivity index is 1.63. The zero-order valence-corrected chi connectivity index (χ0v) is 27.2. The second kappa shape index (κ2) is 14.4. The molecule has 0 radical (unpaired) electrons. The molecule has 1 aliphatic heterocycles. The van der Waals surface area contributed by atoms with Gasteiger partial charge in [-0.15, -0.1) is 0 Å². The van der Waals surface area contributed by atoms with Crippen LogP contribution in [-0.4, -0.2) is 68.6 Å². The molecule has 1 aliphatic rings. The highest BCUT2D eigenvalue weighted by Gasteiger charge is 2.41. The van der Waals surface area contributed by atoms with E-state index in [1.54, 1.807) is 44.9 Å². The summed E-state index contributed by atoms with van der Waals surface area (Å²) in [6.07, 6.45) is -3.38. The molecule has 0 spiro atoms. The highest BCUT2D eigenvalue weighted by atomic mass is 19.4. The van der Waals surface area contributed by atoms with E-state index in [0.29, 0.717) is 36.1 Å². The topological polar surface area (TPSA) is 103 Å². The van der Waals surface area contributed by atoms with Crippen molar-refractivity contribution in [3.05, 3.63) is 59.7 Å². The largest absolute Gasteiger partial charge is 0.466 e. The second-order valence-corrected chi connectivity index (χ2v) is 12.3. The van der Waals surface area contributed by atoms with Gasteiger partial charge in [-0.3, -0.25) is 9.48 Å². The highest BCUT2D eigenvalue weighted by Crippen LogP contribution is 2.37. The zero-order valence-electron chi connectivity index (χ0n) is 27.2. The SMILES string of the molecule is CCOC(=O)C(C)(C)CCOC(=O)N1CC(N(Cc2cc(C(F)(F)F)cc(C(F)(F)F)c2)c2ncc(-c3cnn(C)c3)cn2)CC1CC. The Kier molecular flexibility index (Phi) is 10.9. The Bertz CT molecular complexity index is 1540. The minimum Gasteiger partial charge on any atom is -0.466 e. The van der Waals surface area contributed by atoms with E-state index in [9.17, 15) is 35.9 Å². The van der Waals surface area contributed by atoms with Crippen LogP contribution in [0.2, 0.25) is 0 Å². The lowest BCUT2D eigenvalue weighted by Crippen LogP contribution is -2.41. The van der Waals surface area contributed by atoms with Crippen molar-refractivity contribution in [2.75, 3.05) is 24.7 Å². The number of esters is 1. The van der Waals surface area contributed by atoms with Gasteiger partial charge >= 0.3 is 24.4 Å². The number of amides is 1. The van der Waals surface area contributed by atoms with Crippen LogP contribution in [0.5, 0.6) is 0 Å². The summed E-state index contributed by atoms with van der Waals surface area (Å²) < 4.78 is 94.4. The summed E-state index contributed by atoms with van der Waals surface area (Å²) in [4.78, 5) is 37.3. The molecule has 262 valence electrons. The summed E-state index contributed by atoms with van der Waals surface area (Å²) in [7, 11) is 1.73. The first-order chi connectivity index (χ1) is 22.4. The van der Waals surface area contributed by atoms with E-state index in [1.165, 1.54) is 22.2 Å². The van der Waals surface area contributed by atoms with Crippen LogP contribution in [0.4, 0.5) is 37.1 Å². The van der Waals surface area contributed by atoms with Crippen molar-refractivity contribution in [1.29, 1.82) is 0 Å². The number of likely N-dealkylation sites (tertiary alicyclic amines) is 1. The summed E-state index contributed by atoms with van der Waals surface area (Å²) in [5.74, 6) is -0.373. The molecule has 1 saturated heterocycles. The molecular weight excluding hydrogens is 646 g/mol. The summed E-state index contributed by atoms with van der Waals surface area (Å²) in [5.41, 5.74) is -2.73. The van der Waals surface area contributed by atoms with Gasteiger partial charge in [-0.05, 0) is 63.8 Å². The molecule has 48 heavy (non-hydrogen) atoms. The van der Waals surface area contributed by atoms with Crippen LogP contribution in [0, 0.1) is 5.41 Å². The van der Waals surface area contributed by atoms with E-state index in [0.717, 1.165) is 0 Å². The number of rotatable bonds is 11. The average Bonchev–Trinajstić information content (AvgIpc) is 3.65. The molecule has 2 unspecified atom stereocenters. The number of nitrogens with zero attached hydrogens (tertiary/aromatic N) is 6. The van der Waals surface area contributed by atoms with Gasteiger partial charge in [0.05, 0.1) is 42.0 Å². The Hall–Kier alpha value is -4.37. The van der Waals surface area contributed by atoms with Crippen LogP contribution in [0.15, 0.2) is 43.0 Å². The molecule has 1 amide bonds. The van der Waals surface area contributed by atoms with Gasteiger partial charge in [0.15, 0.2) is 0 Å². The molecule has 2 aromatic heterocycles. The number of alkyl halides is 6. The summed E-state index contributed by atoms with van der Waals surface area (Å²) in [6, 6.07) is 0.485. The lowest BCUT2D eigenvalue weighted by atomic mass is 9.90. The van der Waals surface area contributed by atoms with Gasteiger partial charge < -0.3 is 19.3 Å². The minimum absolute atomic E-state index is 0.0391. The lowest BCUT2D eigenvalue weighted by Gasteiger charge is -2.30. The summed E-state index contributed by atoms with van der Waals surface area (Å²) >= 11 is 0. The maximum absolute atomic E-state index is 13.7. The maximum atomic E-state index is 13.7. The standard InChI is InChI=1S/C32H38F6N6O4/c1-6-25-13-26(19-44(25)29(46)48-9-8-30(3,4)27(45)47-7-2)43(28-39-14-21(15-40-28)22-16-41-42(5)18-22)17-20-10-23(31(33,34)35)12-24(11-20)32(36,37)38/h10-12,14-16,18,25-26H,6-9,13,17,19H2,1-5H3. The number of hydrogen-bond acceptors (Lipinski definition) is 8. The lowest BCUT2D eigenvalue weighted by molar-refractivity contribution is -0.154.